The van der Waals surface area contributed by atoms with Gasteiger partial charge in [-0.1, -0.05) is 19.9 Å². The van der Waals surface area contributed by atoms with Gasteiger partial charge in [-0.05, 0) is 97.1 Å². The van der Waals surface area contributed by atoms with E-state index in [1.54, 1.807) is 0 Å². The minimum Gasteiger partial charge on any atom is -0.455 e. The topological polar surface area (TPSA) is 26.3 Å². The fraction of sp³-hybridized carbons (Fsp3) is 0.632. The number of rotatable bonds is 4. The molecule has 1 aromatic rings. The second-order valence-electron chi connectivity index (χ2n) is 7.33. The van der Waals surface area contributed by atoms with Gasteiger partial charge < -0.3 is 4.74 Å². The molecule has 4 atom stereocenters. The highest BCUT2D eigenvalue weighted by Crippen LogP contribution is 2.52. The Morgan fingerprint density at radius 3 is 2.82 bits per heavy atom. The Bertz CT molecular complexity index is 583. The predicted octanol–water partition coefficient (Wildman–Crippen LogP) is 5.54. The molecular weight excluding hydrogens is 387 g/mol. The second-order valence-corrected chi connectivity index (χ2v) is 8.49. The van der Waals surface area contributed by atoms with E-state index < -0.39 is 0 Å². The molecule has 3 rings (SSSR count). The summed E-state index contributed by atoms with van der Waals surface area (Å²) in [6, 6.07) is 6.21. The average Bonchev–Trinajstić information content (AvgIpc) is 3.06. The molecule has 0 amide bonds. The van der Waals surface area contributed by atoms with E-state index in [9.17, 15) is 4.79 Å². The molecule has 22 heavy (non-hydrogen) atoms. The number of fused-ring (bicyclic) bond motifs is 2. The molecule has 0 aliphatic heterocycles. The van der Waals surface area contributed by atoms with Crippen molar-refractivity contribution in [3.05, 3.63) is 32.9 Å². The van der Waals surface area contributed by atoms with Gasteiger partial charge in [0, 0.05) is 3.57 Å². The van der Waals surface area contributed by atoms with Crippen molar-refractivity contribution in [2.75, 3.05) is 0 Å². The molecule has 120 valence electrons. The Hall–Kier alpha value is -0.580. The van der Waals surface area contributed by atoms with Crippen LogP contribution in [-0.4, -0.2) is 11.6 Å². The molecule has 0 N–H and O–H groups in total. The number of hydrogen-bond acceptors (Lipinski definition) is 2. The third-order valence-corrected chi connectivity index (χ3v) is 6.76. The highest BCUT2D eigenvalue weighted by atomic mass is 127. The summed E-state index contributed by atoms with van der Waals surface area (Å²) in [6.07, 6.45) is 5.91. The lowest BCUT2D eigenvalue weighted by molar-refractivity contribution is -0.0371. The lowest BCUT2D eigenvalue weighted by Crippen LogP contribution is -2.37. The fourth-order valence-corrected chi connectivity index (χ4v) is 4.74. The molecule has 2 aliphatic carbocycles. The van der Waals surface area contributed by atoms with Crippen LogP contribution < -0.4 is 0 Å². The van der Waals surface area contributed by atoms with Crippen molar-refractivity contribution in [3.63, 3.8) is 0 Å². The van der Waals surface area contributed by atoms with Crippen LogP contribution in [0.2, 0.25) is 0 Å². The van der Waals surface area contributed by atoms with Crippen LogP contribution in [0.3, 0.4) is 0 Å². The van der Waals surface area contributed by atoms with Gasteiger partial charge in [0.25, 0.3) is 0 Å². The van der Waals surface area contributed by atoms with Crippen LogP contribution in [-0.2, 0) is 4.74 Å². The number of halogens is 1. The van der Waals surface area contributed by atoms with E-state index in [2.05, 4.69) is 49.4 Å². The first-order valence-corrected chi connectivity index (χ1v) is 9.53. The van der Waals surface area contributed by atoms with Crippen molar-refractivity contribution < 1.29 is 9.53 Å². The molecule has 4 unspecified atom stereocenters. The lowest BCUT2D eigenvalue weighted by atomic mass is 9.85. The van der Waals surface area contributed by atoms with Gasteiger partial charge in [-0.3, -0.25) is 0 Å². The molecule has 2 bridgehead atoms. The first kappa shape index (κ1) is 16.3. The van der Waals surface area contributed by atoms with Gasteiger partial charge in [0.05, 0.1) is 5.56 Å². The summed E-state index contributed by atoms with van der Waals surface area (Å²) in [7, 11) is 0. The van der Waals surface area contributed by atoms with Crippen LogP contribution in [0.15, 0.2) is 18.2 Å². The molecule has 0 spiro atoms. The average molecular weight is 412 g/mol. The number of carbonyl (C=O) groups is 1. The summed E-state index contributed by atoms with van der Waals surface area (Å²) in [5, 5.41) is 0. The number of benzene rings is 1. The van der Waals surface area contributed by atoms with Crippen LogP contribution in [0.5, 0.6) is 0 Å². The molecule has 2 saturated carbocycles. The maximum Gasteiger partial charge on any atom is 0.339 e. The number of hydrogen-bond donors (Lipinski definition) is 0. The van der Waals surface area contributed by atoms with Crippen molar-refractivity contribution in [2.24, 2.45) is 11.8 Å². The van der Waals surface area contributed by atoms with Gasteiger partial charge in [0.15, 0.2) is 0 Å². The van der Waals surface area contributed by atoms with Crippen molar-refractivity contribution in [1.29, 1.82) is 0 Å². The summed E-state index contributed by atoms with van der Waals surface area (Å²) >= 11 is 2.24. The highest BCUT2D eigenvalue weighted by Gasteiger charge is 2.50. The minimum absolute atomic E-state index is 0.135. The van der Waals surface area contributed by atoms with E-state index in [0.717, 1.165) is 27.9 Å². The quantitative estimate of drug-likeness (QED) is 0.480. The Kier molecular flexibility index (Phi) is 4.54. The van der Waals surface area contributed by atoms with Gasteiger partial charge in [0.1, 0.15) is 5.60 Å². The Labute approximate surface area is 147 Å². The van der Waals surface area contributed by atoms with E-state index >= 15 is 0 Å². The molecule has 3 heteroatoms. The van der Waals surface area contributed by atoms with Gasteiger partial charge in [-0.2, -0.15) is 0 Å². The van der Waals surface area contributed by atoms with E-state index in [1.165, 1.54) is 24.8 Å². The van der Waals surface area contributed by atoms with Gasteiger partial charge in [-0.15, -0.1) is 0 Å². The van der Waals surface area contributed by atoms with Crippen molar-refractivity contribution >= 4 is 28.6 Å². The van der Waals surface area contributed by atoms with Crippen LogP contribution in [0.1, 0.15) is 74.7 Å². The summed E-state index contributed by atoms with van der Waals surface area (Å²) in [6.45, 7) is 6.52. The van der Waals surface area contributed by atoms with Crippen molar-refractivity contribution in [1.82, 2.24) is 0 Å². The van der Waals surface area contributed by atoms with E-state index in [1.807, 2.05) is 12.1 Å². The molecule has 2 fully saturated rings. The first-order chi connectivity index (χ1) is 10.4. The number of esters is 1. The zero-order chi connectivity index (χ0) is 15.9. The molecule has 2 aliphatic rings. The Morgan fingerprint density at radius 2 is 2.23 bits per heavy atom. The molecule has 0 radical (unpaired) electrons. The number of ether oxygens (including phenoxy) is 1. The molecule has 0 heterocycles. The predicted molar refractivity (Wildman–Crippen MR) is 97.1 cm³/mol. The van der Waals surface area contributed by atoms with E-state index in [-0.39, 0.29) is 11.6 Å². The third-order valence-electron chi connectivity index (χ3n) is 5.82. The van der Waals surface area contributed by atoms with Crippen LogP contribution >= 0.6 is 22.6 Å². The first-order valence-electron chi connectivity index (χ1n) is 8.45. The van der Waals surface area contributed by atoms with E-state index in [4.69, 9.17) is 4.74 Å². The number of carbonyl (C=O) groups excluding carboxylic acids is 1. The Balaban J connectivity index is 1.80. The minimum atomic E-state index is -0.241. The molecule has 2 nitrogen and oxygen atoms in total. The van der Waals surface area contributed by atoms with Crippen molar-refractivity contribution in [3.8, 4) is 0 Å². The maximum absolute atomic E-state index is 12.7. The normalized spacial score (nSPS) is 31.3. The second kappa shape index (κ2) is 6.14. The summed E-state index contributed by atoms with van der Waals surface area (Å²) in [4.78, 5) is 12.7. The summed E-state index contributed by atoms with van der Waals surface area (Å²) in [5.41, 5.74) is 1.73. The van der Waals surface area contributed by atoms with Crippen molar-refractivity contribution in [2.45, 2.75) is 64.4 Å². The monoisotopic (exact) mass is 412 g/mol. The smallest absolute Gasteiger partial charge is 0.339 e. The molecular formula is C19H25IO2. The Morgan fingerprint density at radius 1 is 1.45 bits per heavy atom. The zero-order valence-electron chi connectivity index (χ0n) is 13.7. The maximum atomic E-state index is 12.7. The standard InChI is InChI=1S/C19H25IO2/c1-4-12(2)14-6-8-17(20)16(10-14)18(21)22-19(3)11-13-5-7-15(19)9-13/h6,8,10,12-13,15H,4-5,7,9,11H2,1-3H3. The van der Waals surface area contributed by atoms with Gasteiger partial charge >= 0.3 is 5.97 Å². The zero-order valence-corrected chi connectivity index (χ0v) is 15.9. The van der Waals surface area contributed by atoms with Crippen LogP contribution in [0, 0.1) is 15.4 Å². The third kappa shape index (κ3) is 2.93. The van der Waals surface area contributed by atoms with E-state index in [0.29, 0.717) is 11.8 Å². The fourth-order valence-electron chi connectivity index (χ4n) is 4.19. The van der Waals surface area contributed by atoms with Crippen LogP contribution in [0.4, 0.5) is 0 Å². The summed E-state index contributed by atoms with van der Waals surface area (Å²) in [5.74, 6) is 1.68. The largest absolute Gasteiger partial charge is 0.455 e. The molecule has 0 aromatic heterocycles. The lowest BCUT2D eigenvalue weighted by Gasteiger charge is -2.33. The SMILES string of the molecule is CCC(C)c1ccc(I)c(C(=O)OC2(C)CC3CCC2C3)c1. The van der Waals surface area contributed by atoms with Crippen LogP contribution in [0.25, 0.3) is 0 Å². The van der Waals surface area contributed by atoms with Gasteiger partial charge in [-0.25, -0.2) is 4.79 Å². The molecule has 1 aromatic carbocycles. The highest BCUT2D eigenvalue weighted by molar-refractivity contribution is 14.1. The molecule has 0 saturated heterocycles. The summed E-state index contributed by atoms with van der Waals surface area (Å²) < 4.78 is 7.01. The van der Waals surface area contributed by atoms with Gasteiger partial charge in [0.2, 0.25) is 0 Å².